The molecule has 1 N–H and O–H groups in total. The number of ether oxygens (including phenoxy) is 1. The molecule has 0 aliphatic carbocycles. The fourth-order valence-corrected chi connectivity index (χ4v) is 2.68. The Morgan fingerprint density at radius 2 is 2.05 bits per heavy atom. The Bertz CT molecular complexity index is 423. The van der Waals surface area contributed by atoms with Crippen LogP contribution in [0.4, 0.5) is 4.39 Å². The lowest BCUT2D eigenvalue weighted by Gasteiger charge is -2.35. The highest BCUT2D eigenvalue weighted by atomic mass is 79.9. The van der Waals surface area contributed by atoms with Crippen molar-refractivity contribution in [3.63, 3.8) is 0 Å². The zero-order valence-corrected chi connectivity index (χ0v) is 14.4. The summed E-state index contributed by atoms with van der Waals surface area (Å²) in [5.74, 6) is -0.226. The molecule has 0 amide bonds. The van der Waals surface area contributed by atoms with Gasteiger partial charge in [-0.25, -0.2) is 4.39 Å². The third kappa shape index (κ3) is 5.15. The Labute approximate surface area is 130 Å². The standard InChI is InChI=1S/C16H25BrFNO/c1-5-9-19-15(16(3,4)20-6-2)11-12-7-8-14(18)13(17)10-12/h7-8,10,15,19H,5-6,9,11H2,1-4H3. The minimum absolute atomic E-state index is 0.194. The van der Waals surface area contributed by atoms with Gasteiger partial charge in [0.15, 0.2) is 0 Å². The van der Waals surface area contributed by atoms with Crippen molar-refractivity contribution in [3.8, 4) is 0 Å². The molecule has 0 aliphatic heterocycles. The summed E-state index contributed by atoms with van der Waals surface area (Å²) in [6.07, 6.45) is 1.89. The quantitative estimate of drug-likeness (QED) is 0.757. The Morgan fingerprint density at radius 3 is 2.60 bits per heavy atom. The number of hydrogen-bond donors (Lipinski definition) is 1. The molecule has 0 saturated heterocycles. The average Bonchev–Trinajstić information content (AvgIpc) is 2.38. The fourth-order valence-electron chi connectivity index (χ4n) is 2.26. The van der Waals surface area contributed by atoms with Crippen LogP contribution in [0.3, 0.4) is 0 Å². The molecule has 114 valence electrons. The molecule has 0 bridgehead atoms. The van der Waals surface area contributed by atoms with E-state index in [-0.39, 0.29) is 17.5 Å². The molecule has 0 saturated carbocycles. The molecule has 1 aromatic carbocycles. The first-order valence-corrected chi connectivity index (χ1v) is 8.01. The van der Waals surface area contributed by atoms with Gasteiger partial charge in [0.1, 0.15) is 5.82 Å². The Morgan fingerprint density at radius 1 is 1.35 bits per heavy atom. The topological polar surface area (TPSA) is 21.3 Å². The maximum atomic E-state index is 13.3. The van der Waals surface area contributed by atoms with Crippen molar-refractivity contribution >= 4 is 15.9 Å². The van der Waals surface area contributed by atoms with Crippen molar-refractivity contribution in [2.45, 2.75) is 52.2 Å². The van der Waals surface area contributed by atoms with E-state index >= 15 is 0 Å². The van der Waals surface area contributed by atoms with Crippen LogP contribution >= 0.6 is 15.9 Å². The SMILES string of the molecule is CCCNC(Cc1ccc(F)c(Br)c1)C(C)(C)OCC. The van der Waals surface area contributed by atoms with Crippen LogP contribution in [0.15, 0.2) is 22.7 Å². The minimum atomic E-state index is -0.259. The first kappa shape index (κ1) is 17.6. The number of benzene rings is 1. The molecule has 0 aliphatic rings. The van der Waals surface area contributed by atoms with E-state index in [0.717, 1.165) is 24.9 Å². The van der Waals surface area contributed by atoms with Gasteiger partial charge in [0.25, 0.3) is 0 Å². The summed E-state index contributed by atoms with van der Waals surface area (Å²) in [4.78, 5) is 0. The second kappa shape index (κ2) is 8.11. The maximum absolute atomic E-state index is 13.3. The molecule has 1 aromatic rings. The van der Waals surface area contributed by atoms with E-state index in [1.807, 2.05) is 19.1 Å². The summed E-state index contributed by atoms with van der Waals surface area (Å²) in [7, 11) is 0. The third-order valence-corrected chi connectivity index (χ3v) is 4.03. The lowest BCUT2D eigenvalue weighted by molar-refractivity contribution is -0.0379. The molecule has 2 nitrogen and oxygen atoms in total. The molecule has 0 aromatic heterocycles. The highest BCUT2D eigenvalue weighted by molar-refractivity contribution is 9.10. The number of hydrogen-bond acceptors (Lipinski definition) is 2. The van der Waals surface area contributed by atoms with E-state index in [1.54, 1.807) is 0 Å². The van der Waals surface area contributed by atoms with Gasteiger partial charge in [-0.3, -0.25) is 0 Å². The highest BCUT2D eigenvalue weighted by Gasteiger charge is 2.29. The van der Waals surface area contributed by atoms with E-state index in [0.29, 0.717) is 11.1 Å². The van der Waals surface area contributed by atoms with E-state index in [9.17, 15) is 4.39 Å². The van der Waals surface area contributed by atoms with Crippen molar-refractivity contribution in [2.24, 2.45) is 0 Å². The fraction of sp³-hybridized carbons (Fsp3) is 0.625. The van der Waals surface area contributed by atoms with Crippen molar-refractivity contribution in [1.82, 2.24) is 5.32 Å². The first-order chi connectivity index (χ1) is 9.40. The highest BCUT2D eigenvalue weighted by Crippen LogP contribution is 2.22. The number of rotatable bonds is 8. The van der Waals surface area contributed by atoms with Gasteiger partial charge in [-0.2, -0.15) is 0 Å². The smallest absolute Gasteiger partial charge is 0.137 e. The minimum Gasteiger partial charge on any atom is -0.374 e. The van der Waals surface area contributed by atoms with Crippen LogP contribution in [0, 0.1) is 5.82 Å². The van der Waals surface area contributed by atoms with Gasteiger partial charge in [0, 0.05) is 12.6 Å². The normalized spacial score (nSPS) is 13.5. The Hall–Kier alpha value is -0.450. The lowest BCUT2D eigenvalue weighted by atomic mass is 9.92. The molecular formula is C16H25BrFNO. The van der Waals surface area contributed by atoms with Crippen LogP contribution in [-0.4, -0.2) is 24.8 Å². The number of halogens is 2. The Balaban J connectivity index is 2.85. The molecule has 0 radical (unpaired) electrons. The van der Waals surface area contributed by atoms with Crippen LogP contribution in [0.5, 0.6) is 0 Å². The molecule has 0 heterocycles. The van der Waals surface area contributed by atoms with Crippen molar-refractivity contribution in [3.05, 3.63) is 34.1 Å². The zero-order valence-electron chi connectivity index (χ0n) is 12.8. The lowest BCUT2D eigenvalue weighted by Crippen LogP contribution is -2.50. The van der Waals surface area contributed by atoms with Crippen LogP contribution in [0.1, 0.15) is 39.7 Å². The van der Waals surface area contributed by atoms with Gasteiger partial charge in [0.2, 0.25) is 0 Å². The van der Waals surface area contributed by atoms with Crippen molar-refractivity contribution < 1.29 is 9.13 Å². The molecular weight excluding hydrogens is 321 g/mol. The molecule has 0 spiro atoms. The largest absolute Gasteiger partial charge is 0.374 e. The van der Waals surface area contributed by atoms with Gasteiger partial charge < -0.3 is 10.1 Å². The number of nitrogens with one attached hydrogen (secondary N) is 1. The summed E-state index contributed by atoms with van der Waals surface area (Å²) >= 11 is 3.24. The third-order valence-electron chi connectivity index (χ3n) is 3.42. The van der Waals surface area contributed by atoms with Crippen molar-refractivity contribution in [1.29, 1.82) is 0 Å². The second-order valence-corrected chi connectivity index (χ2v) is 6.35. The van der Waals surface area contributed by atoms with Crippen LogP contribution in [0.25, 0.3) is 0 Å². The summed E-state index contributed by atoms with van der Waals surface area (Å²) < 4.78 is 19.7. The van der Waals surface area contributed by atoms with Gasteiger partial charge >= 0.3 is 0 Å². The first-order valence-electron chi connectivity index (χ1n) is 7.22. The van der Waals surface area contributed by atoms with E-state index in [1.165, 1.54) is 6.07 Å². The van der Waals surface area contributed by atoms with Gasteiger partial charge in [-0.05, 0) is 73.8 Å². The van der Waals surface area contributed by atoms with Crippen LogP contribution < -0.4 is 5.32 Å². The summed E-state index contributed by atoms with van der Waals surface area (Å²) in [5, 5.41) is 3.54. The van der Waals surface area contributed by atoms with Gasteiger partial charge in [-0.15, -0.1) is 0 Å². The summed E-state index contributed by atoms with van der Waals surface area (Å²) in [5.41, 5.74) is 0.838. The average molecular weight is 346 g/mol. The Kier molecular flexibility index (Phi) is 7.13. The molecule has 1 rings (SSSR count). The predicted octanol–water partition coefficient (Wildman–Crippen LogP) is 4.31. The maximum Gasteiger partial charge on any atom is 0.137 e. The molecule has 0 fully saturated rings. The van der Waals surface area contributed by atoms with Crippen LogP contribution in [-0.2, 0) is 11.2 Å². The second-order valence-electron chi connectivity index (χ2n) is 5.50. The monoisotopic (exact) mass is 345 g/mol. The van der Waals surface area contributed by atoms with Crippen LogP contribution in [0.2, 0.25) is 0 Å². The van der Waals surface area contributed by atoms with E-state index in [2.05, 4.69) is 42.0 Å². The molecule has 1 atom stereocenters. The van der Waals surface area contributed by atoms with Gasteiger partial charge in [0.05, 0.1) is 10.1 Å². The van der Waals surface area contributed by atoms with E-state index < -0.39 is 0 Å². The van der Waals surface area contributed by atoms with Gasteiger partial charge in [-0.1, -0.05) is 13.0 Å². The molecule has 20 heavy (non-hydrogen) atoms. The summed E-state index contributed by atoms with van der Waals surface area (Å²) in [6, 6.07) is 5.38. The zero-order chi connectivity index (χ0) is 15.2. The summed E-state index contributed by atoms with van der Waals surface area (Å²) in [6.45, 7) is 9.98. The van der Waals surface area contributed by atoms with Crippen molar-refractivity contribution in [2.75, 3.05) is 13.2 Å². The molecule has 1 unspecified atom stereocenters. The predicted molar refractivity (Wildman–Crippen MR) is 85.6 cm³/mol. The van der Waals surface area contributed by atoms with E-state index in [4.69, 9.17) is 4.74 Å². The molecule has 4 heteroatoms.